The summed E-state index contributed by atoms with van der Waals surface area (Å²) in [6.45, 7) is 7.13. The Morgan fingerprint density at radius 1 is 0.867 bits per heavy atom. The van der Waals surface area contributed by atoms with E-state index in [1.165, 1.54) is 27.7 Å². The molecule has 1 N–H and O–H groups in total. The summed E-state index contributed by atoms with van der Waals surface area (Å²) in [7, 11) is 0. The van der Waals surface area contributed by atoms with Crippen molar-refractivity contribution in [2.45, 2.75) is 90.9 Å². The molecule has 5 atom stereocenters. The zero-order valence-corrected chi connectivity index (χ0v) is 18.3. The number of carbonyl (C=O) groups is 4. The molecular weight excluding hydrogens is 398 g/mol. The Morgan fingerprint density at radius 3 is 2.03 bits per heavy atom. The van der Waals surface area contributed by atoms with Crippen molar-refractivity contribution in [3.8, 4) is 0 Å². The third-order valence-electron chi connectivity index (χ3n) is 4.35. The molecular formula is C20H33NO9. The summed E-state index contributed by atoms with van der Waals surface area (Å²) in [5.41, 5.74) is 0. The molecule has 0 saturated carbocycles. The van der Waals surface area contributed by atoms with E-state index in [1.54, 1.807) is 0 Å². The largest absolute Gasteiger partial charge is 0.463 e. The highest BCUT2D eigenvalue weighted by Crippen LogP contribution is 2.28. The van der Waals surface area contributed by atoms with Gasteiger partial charge in [-0.25, -0.2) is 0 Å². The molecule has 1 aliphatic heterocycles. The van der Waals surface area contributed by atoms with E-state index in [0.29, 0.717) is 6.61 Å². The first-order chi connectivity index (χ1) is 14.1. The van der Waals surface area contributed by atoms with Crippen LogP contribution in [0.2, 0.25) is 0 Å². The van der Waals surface area contributed by atoms with Crippen LogP contribution in [0.25, 0.3) is 0 Å². The minimum absolute atomic E-state index is 0.243. The lowest BCUT2D eigenvalue weighted by Crippen LogP contribution is -2.66. The molecule has 1 saturated heterocycles. The average molecular weight is 431 g/mol. The smallest absolute Gasteiger partial charge is 0.303 e. The van der Waals surface area contributed by atoms with Crippen LogP contribution in [0.1, 0.15) is 60.3 Å². The monoisotopic (exact) mass is 431 g/mol. The Bertz CT molecular complexity index is 595. The standard InChI is InChI=1S/C20H33NO9/c1-6-7-8-9-10-26-20-17(21-12(2)22)19(29-15(5)25)18(28-14(4)24)16(30-20)11-27-13(3)23/h16-20H,6-11H2,1-5H3,(H,21,22)/t16-,17+,18+,19-,20+/m0/s1. The number of nitrogens with one attached hydrogen (secondary N) is 1. The predicted octanol–water partition coefficient (Wildman–Crippen LogP) is 1.24. The van der Waals surface area contributed by atoms with Gasteiger partial charge in [0.2, 0.25) is 5.91 Å². The van der Waals surface area contributed by atoms with Gasteiger partial charge in [0.05, 0.1) is 0 Å². The summed E-state index contributed by atoms with van der Waals surface area (Å²) < 4.78 is 27.5. The quantitative estimate of drug-likeness (QED) is 0.292. The lowest BCUT2D eigenvalue weighted by Gasteiger charge is -2.44. The van der Waals surface area contributed by atoms with E-state index in [1.807, 2.05) is 0 Å². The van der Waals surface area contributed by atoms with Gasteiger partial charge in [-0.05, 0) is 6.42 Å². The second-order valence-corrected chi connectivity index (χ2v) is 7.15. The number of unbranched alkanes of at least 4 members (excludes halogenated alkanes) is 3. The Balaban J connectivity index is 3.13. The van der Waals surface area contributed by atoms with Crippen LogP contribution in [0.4, 0.5) is 0 Å². The van der Waals surface area contributed by atoms with Crippen molar-refractivity contribution in [1.82, 2.24) is 5.32 Å². The summed E-state index contributed by atoms with van der Waals surface area (Å²) >= 11 is 0. The van der Waals surface area contributed by atoms with Crippen molar-refractivity contribution in [1.29, 1.82) is 0 Å². The van der Waals surface area contributed by atoms with Crippen molar-refractivity contribution in [3.05, 3.63) is 0 Å². The Labute approximate surface area is 176 Å². The first kappa shape index (κ1) is 25.8. The van der Waals surface area contributed by atoms with E-state index in [9.17, 15) is 19.2 Å². The van der Waals surface area contributed by atoms with Gasteiger partial charge in [0.15, 0.2) is 18.5 Å². The van der Waals surface area contributed by atoms with Crippen LogP contribution in [0, 0.1) is 0 Å². The van der Waals surface area contributed by atoms with Gasteiger partial charge < -0.3 is 29.0 Å². The van der Waals surface area contributed by atoms with Crippen LogP contribution in [0.3, 0.4) is 0 Å². The summed E-state index contributed by atoms with van der Waals surface area (Å²) in [5, 5.41) is 2.66. The molecule has 1 heterocycles. The second-order valence-electron chi connectivity index (χ2n) is 7.15. The van der Waals surface area contributed by atoms with Gasteiger partial charge in [-0.2, -0.15) is 0 Å². The number of carbonyl (C=O) groups excluding carboxylic acids is 4. The van der Waals surface area contributed by atoms with Gasteiger partial charge in [-0.3, -0.25) is 19.2 Å². The van der Waals surface area contributed by atoms with E-state index in [0.717, 1.165) is 25.7 Å². The van der Waals surface area contributed by atoms with Gasteiger partial charge in [-0.1, -0.05) is 26.2 Å². The fraction of sp³-hybridized carbons (Fsp3) is 0.800. The first-order valence-corrected chi connectivity index (χ1v) is 10.2. The van der Waals surface area contributed by atoms with Crippen molar-refractivity contribution < 1.29 is 42.9 Å². The molecule has 1 amide bonds. The van der Waals surface area contributed by atoms with E-state index < -0.39 is 54.5 Å². The summed E-state index contributed by atoms with van der Waals surface area (Å²) in [6.07, 6.45) is -0.274. The van der Waals surface area contributed by atoms with E-state index >= 15 is 0 Å². The van der Waals surface area contributed by atoms with Crippen molar-refractivity contribution >= 4 is 23.8 Å². The third kappa shape index (κ3) is 9.08. The maximum Gasteiger partial charge on any atom is 0.303 e. The normalized spacial score (nSPS) is 25.8. The number of ether oxygens (including phenoxy) is 5. The molecule has 1 fully saturated rings. The number of rotatable bonds is 11. The lowest BCUT2D eigenvalue weighted by molar-refractivity contribution is -0.277. The molecule has 0 aromatic carbocycles. The van der Waals surface area contributed by atoms with Crippen molar-refractivity contribution in [2.24, 2.45) is 0 Å². The van der Waals surface area contributed by atoms with E-state index in [4.69, 9.17) is 23.7 Å². The predicted molar refractivity (Wildman–Crippen MR) is 104 cm³/mol. The molecule has 0 aliphatic carbocycles. The lowest BCUT2D eigenvalue weighted by atomic mass is 9.96. The van der Waals surface area contributed by atoms with Gasteiger partial charge in [0, 0.05) is 34.3 Å². The summed E-state index contributed by atoms with van der Waals surface area (Å²) in [6, 6.07) is -0.921. The maximum atomic E-state index is 11.8. The summed E-state index contributed by atoms with van der Waals surface area (Å²) in [5.74, 6) is -2.23. The molecule has 0 aromatic rings. The topological polar surface area (TPSA) is 126 Å². The van der Waals surface area contributed by atoms with Crippen LogP contribution in [0.15, 0.2) is 0 Å². The van der Waals surface area contributed by atoms with E-state index in [2.05, 4.69) is 12.2 Å². The van der Waals surface area contributed by atoms with Gasteiger partial charge in [0.25, 0.3) is 0 Å². The van der Waals surface area contributed by atoms with E-state index in [-0.39, 0.29) is 6.61 Å². The average Bonchev–Trinajstić information content (AvgIpc) is 2.63. The highest BCUT2D eigenvalue weighted by atomic mass is 16.7. The molecule has 0 aromatic heterocycles. The first-order valence-electron chi connectivity index (χ1n) is 10.2. The zero-order chi connectivity index (χ0) is 22.7. The van der Waals surface area contributed by atoms with Crippen LogP contribution < -0.4 is 5.32 Å². The van der Waals surface area contributed by atoms with Gasteiger partial charge in [-0.15, -0.1) is 0 Å². The van der Waals surface area contributed by atoms with Crippen molar-refractivity contribution in [3.63, 3.8) is 0 Å². The van der Waals surface area contributed by atoms with Crippen LogP contribution in [-0.4, -0.2) is 67.7 Å². The Kier molecular flexibility index (Phi) is 11.3. The number of hydrogen-bond donors (Lipinski definition) is 1. The molecule has 30 heavy (non-hydrogen) atoms. The molecule has 0 unspecified atom stereocenters. The molecule has 0 bridgehead atoms. The number of esters is 3. The Morgan fingerprint density at radius 2 is 1.50 bits per heavy atom. The van der Waals surface area contributed by atoms with Gasteiger partial charge in [0.1, 0.15) is 18.8 Å². The molecule has 10 nitrogen and oxygen atoms in total. The van der Waals surface area contributed by atoms with Crippen LogP contribution in [-0.2, 0) is 42.9 Å². The fourth-order valence-corrected chi connectivity index (χ4v) is 3.16. The third-order valence-corrected chi connectivity index (χ3v) is 4.35. The fourth-order valence-electron chi connectivity index (χ4n) is 3.16. The zero-order valence-electron chi connectivity index (χ0n) is 18.3. The minimum Gasteiger partial charge on any atom is -0.463 e. The van der Waals surface area contributed by atoms with Crippen molar-refractivity contribution in [2.75, 3.05) is 13.2 Å². The van der Waals surface area contributed by atoms with Gasteiger partial charge >= 0.3 is 17.9 Å². The summed E-state index contributed by atoms with van der Waals surface area (Å²) in [4.78, 5) is 46.5. The second kappa shape index (κ2) is 13.2. The number of hydrogen-bond acceptors (Lipinski definition) is 9. The highest BCUT2D eigenvalue weighted by Gasteiger charge is 2.51. The number of amides is 1. The van der Waals surface area contributed by atoms with Crippen LogP contribution in [0.5, 0.6) is 0 Å². The molecule has 172 valence electrons. The molecule has 0 radical (unpaired) electrons. The molecule has 1 rings (SSSR count). The molecule has 0 spiro atoms. The van der Waals surface area contributed by atoms with Crippen LogP contribution >= 0.6 is 0 Å². The maximum absolute atomic E-state index is 11.8. The highest BCUT2D eigenvalue weighted by molar-refractivity contribution is 5.73. The minimum atomic E-state index is -1.11. The molecule has 10 heteroatoms. The SMILES string of the molecule is CCCCCCO[C@@H]1O[C@@H](COC(C)=O)[C@@H](OC(C)=O)[C@@H](OC(C)=O)[C@H]1NC(C)=O. The molecule has 1 aliphatic rings. The Hall–Kier alpha value is -2.20.